The van der Waals surface area contributed by atoms with Crippen molar-refractivity contribution in [1.29, 1.82) is 0 Å². The smallest absolute Gasteiger partial charge is 0.328 e. The maximum atomic E-state index is 11.8. The molecular weight excluding hydrogens is 254 g/mol. The third kappa shape index (κ3) is 4.88. The van der Waals surface area contributed by atoms with Gasteiger partial charge in [-0.15, -0.1) is 0 Å². The van der Waals surface area contributed by atoms with Crippen LogP contribution in [0.4, 0.5) is 0 Å². The minimum Gasteiger partial charge on any atom is -0.478 e. The van der Waals surface area contributed by atoms with Crippen molar-refractivity contribution in [2.75, 3.05) is 0 Å². The molecule has 0 aliphatic heterocycles. The number of aliphatic carboxylic acids is 1. The minimum absolute atomic E-state index is 0.00947. The lowest BCUT2D eigenvalue weighted by molar-refractivity contribution is -0.131. The molecule has 1 aromatic rings. The van der Waals surface area contributed by atoms with E-state index in [1.165, 1.54) is 6.08 Å². The summed E-state index contributed by atoms with van der Waals surface area (Å²) in [6, 6.07) is 7.39. The SMILES string of the molecule is CCC(C)C(=O)NC(C)c1ccc(C=CC(=O)O)cc1. The summed E-state index contributed by atoms with van der Waals surface area (Å²) in [5.41, 5.74) is 1.81. The zero-order valence-electron chi connectivity index (χ0n) is 12.1. The molecule has 0 saturated heterocycles. The fraction of sp³-hybridized carbons (Fsp3) is 0.375. The summed E-state index contributed by atoms with van der Waals surface area (Å²) in [5.74, 6) is -0.909. The third-order valence-electron chi connectivity index (χ3n) is 3.27. The highest BCUT2D eigenvalue weighted by Gasteiger charge is 2.14. The third-order valence-corrected chi connectivity index (χ3v) is 3.27. The first-order valence-electron chi connectivity index (χ1n) is 6.75. The van der Waals surface area contributed by atoms with Crippen molar-refractivity contribution in [3.05, 3.63) is 41.5 Å². The van der Waals surface area contributed by atoms with Crippen LogP contribution in [0.25, 0.3) is 6.08 Å². The first kappa shape index (κ1) is 16.0. The molecule has 1 rings (SSSR count). The Balaban J connectivity index is 2.68. The molecule has 0 aliphatic rings. The van der Waals surface area contributed by atoms with Crippen molar-refractivity contribution < 1.29 is 14.7 Å². The molecule has 4 heteroatoms. The average molecular weight is 275 g/mol. The van der Waals surface area contributed by atoms with Gasteiger partial charge in [0.15, 0.2) is 0 Å². The van der Waals surface area contributed by atoms with E-state index in [1.54, 1.807) is 0 Å². The Hall–Kier alpha value is -2.10. The van der Waals surface area contributed by atoms with Gasteiger partial charge in [0.25, 0.3) is 0 Å². The second kappa shape index (κ2) is 7.48. The first-order valence-corrected chi connectivity index (χ1v) is 6.75. The number of hydrogen-bond donors (Lipinski definition) is 2. The van der Waals surface area contributed by atoms with E-state index >= 15 is 0 Å². The van der Waals surface area contributed by atoms with Gasteiger partial charge < -0.3 is 10.4 Å². The van der Waals surface area contributed by atoms with Gasteiger partial charge in [0.1, 0.15) is 0 Å². The van der Waals surface area contributed by atoms with Crippen molar-refractivity contribution in [3.63, 3.8) is 0 Å². The Morgan fingerprint density at radius 1 is 1.25 bits per heavy atom. The fourth-order valence-corrected chi connectivity index (χ4v) is 1.69. The highest BCUT2D eigenvalue weighted by atomic mass is 16.4. The van der Waals surface area contributed by atoms with Crippen LogP contribution < -0.4 is 5.32 Å². The molecule has 2 N–H and O–H groups in total. The van der Waals surface area contributed by atoms with E-state index in [0.717, 1.165) is 23.6 Å². The van der Waals surface area contributed by atoms with Gasteiger partial charge in [0.05, 0.1) is 6.04 Å². The number of carboxylic acids is 1. The van der Waals surface area contributed by atoms with Crippen molar-refractivity contribution in [2.45, 2.75) is 33.2 Å². The molecule has 0 bridgehead atoms. The summed E-state index contributed by atoms with van der Waals surface area (Å²) in [5, 5.41) is 11.5. The molecule has 2 unspecified atom stereocenters. The van der Waals surface area contributed by atoms with E-state index in [-0.39, 0.29) is 17.9 Å². The highest BCUT2D eigenvalue weighted by molar-refractivity contribution is 5.85. The van der Waals surface area contributed by atoms with Gasteiger partial charge in [-0.1, -0.05) is 38.1 Å². The predicted molar refractivity (Wildman–Crippen MR) is 79.1 cm³/mol. The summed E-state index contributed by atoms with van der Waals surface area (Å²) in [6.07, 6.45) is 3.45. The number of benzene rings is 1. The Bertz CT molecular complexity index is 491. The van der Waals surface area contributed by atoms with Crippen molar-refractivity contribution in [1.82, 2.24) is 5.32 Å². The van der Waals surface area contributed by atoms with Crippen LogP contribution in [-0.2, 0) is 9.59 Å². The minimum atomic E-state index is -0.969. The van der Waals surface area contributed by atoms with Crippen LogP contribution in [0, 0.1) is 5.92 Å². The monoisotopic (exact) mass is 275 g/mol. The Kier molecular flexibility index (Phi) is 5.97. The number of rotatable bonds is 6. The summed E-state index contributed by atoms with van der Waals surface area (Å²) in [6.45, 7) is 5.82. The zero-order chi connectivity index (χ0) is 15.1. The van der Waals surface area contributed by atoms with Crippen LogP contribution in [0.2, 0.25) is 0 Å². The summed E-state index contributed by atoms with van der Waals surface area (Å²) in [7, 11) is 0. The van der Waals surface area contributed by atoms with Gasteiger partial charge in [0, 0.05) is 12.0 Å². The number of carbonyl (C=O) groups excluding carboxylic acids is 1. The quantitative estimate of drug-likeness (QED) is 0.784. The maximum Gasteiger partial charge on any atom is 0.328 e. The van der Waals surface area contributed by atoms with Gasteiger partial charge in [-0.2, -0.15) is 0 Å². The molecule has 0 aliphatic carbocycles. The summed E-state index contributed by atoms with van der Waals surface area (Å²) >= 11 is 0. The number of carboxylic acid groups (broad SMARTS) is 1. The van der Waals surface area contributed by atoms with Crippen LogP contribution in [-0.4, -0.2) is 17.0 Å². The molecule has 4 nitrogen and oxygen atoms in total. The molecule has 20 heavy (non-hydrogen) atoms. The van der Waals surface area contributed by atoms with Crippen LogP contribution in [0.15, 0.2) is 30.3 Å². The zero-order valence-corrected chi connectivity index (χ0v) is 12.1. The van der Waals surface area contributed by atoms with E-state index in [2.05, 4.69) is 5.32 Å². The lowest BCUT2D eigenvalue weighted by Crippen LogP contribution is -2.31. The Morgan fingerprint density at radius 3 is 2.35 bits per heavy atom. The standard InChI is InChI=1S/C16H21NO3/c1-4-11(2)16(20)17-12(3)14-8-5-13(6-9-14)7-10-15(18)19/h5-12H,4H2,1-3H3,(H,17,20)(H,18,19). The second-order valence-corrected chi connectivity index (χ2v) is 4.88. The molecule has 0 aromatic heterocycles. The van der Waals surface area contributed by atoms with E-state index < -0.39 is 5.97 Å². The summed E-state index contributed by atoms with van der Waals surface area (Å²) < 4.78 is 0. The van der Waals surface area contributed by atoms with E-state index in [4.69, 9.17) is 5.11 Å². The van der Waals surface area contributed by atoms with E-state index in [9.17, 15) is 9.59 Å². The Labute approximate surface area is 119 Å². The lowest BCUT2D eigenvalue weighted by atomic mass is 10.0. The molecule has 0 radical (unpaired) electrons. The van der Waals surface area contributed by atoms with Crippen LogP contribution >= 0.6 is 0 Å². The van der Waals surface area contributed by atoms with E-state index in [1.807, 2.05) is 45.0 Å². The second-order valence-electron chi connectivity index (χ2n) is 4.88. The van der Waals surface area contributed by atoms with Gasteiger partial charge in [-0.3, -0.25) is 4.79 Å². The maximum absolute atomic E-state index is 11.8. The van der Waals surface area contributed by atoms with Crippen LogP contribution in [0.3, 0.4) is 0 Å². The largest absolute Gasteiger partial charge is 0.478 e. The highest BCUT2D eigenvalue weighted by Crippen LogP contribution is 2.15. The molecule has 0 spiro atoms. The van der Waals surface area contributed by atoms with Crippen LogP contribution in [0.1, 0.15) is 44.4 Å². The van der Waals surface area contributed by atoms with Crippen molar-refractivity contribution in [2.24, 2.45) is 5.92 Å². The topological polar surface area (TPSA) is 66.4 Å². The summed E-state index contributed by atoms with van der Waals surface area (Å²) in [4.78, 5) is 22.2. The van der Waals surface area contributed by atoms with Gasteiger partial charge in [-0.05, 0) is 30.5 Å². The fourth-order valence-electron chi connectivity index (χ4n) is 1.69. The molecule has 2 atom stereocenters. The molecule has 0 heterocycles. The molecule has 1 amide bonds. The molecule has 1 aromatic carbocycles. The normalized spacial score (nSPS) is 13.9. The first-order chi connectivity index (χ1) is 9.43. The average Bonchev–Trinajstić information content (AvgIpc) is 2.44. The number of hydrogen-bond acceptors (Lipinski definition) is 2. The lowest BCUT2D eigenvalue weighted by Gasteiger charge is -2.17. The Morgan fingerprint density at radius 2 is 1.85 bits per heavy atom. The molecule has 108 valence electrons. The van der Waals surface area contributed by atoms with Crippen molar-refractivity contribution >= 4 is 18.0 Å². The predicted octanol–water partition coefficient (Wildman–Crippen LogP) is 3.01. The molecular formula is C16H21NO3. The number of nitrogens with one attached hydrogen (secondary N) is 1. The molecule has 0 saturated carbocycles. The van der Waals surface area contributed by atoms with E-state index in [0.29, 0.717) is 0 Å². The molecule has 0 fully saturated rings. The number of carbonyl (C=O) groups is 2. The van der Waals surface area contributed by atoms with Gasteiger partial charge in [0.2, 0.25) is 5.91 Å². The number of amides is 1. The van der Waals surface area contributed by atoms with Crippen molar-refractivity contribution in [3.8, 4) is 0 Å². The van der Waals surface area contributed by atoms with Crippen LogP contribution in [0.5, 0.6) is 0 Å². The van der Waals surface area contributed by atoms with Gasteiger partial charge >= 0.3 is 5.97 Å². The van der Waals surface area contributed by atoms with Gasteiger partial charge in [-0.25, -0.2) is 4.79 Å².